The topological polar surface area (TPSA) is 140 Å². The van der Waals surface area contributed by atoms with E-state index in [-0.39, 0.29) is 25.6 Å². The van der Waals surface area contributed by atoms with Gasteiger partial charge in [0.15, 0.2) is 11.5 Å². The number of phenolic OH excluding ortho intramolecular Hbond substituents is 1. The molecule has 0 radical (unpaired) electrons. The van der Waals surface area contributed by atoms with Crippen LogP contribution in [-0.4, -0.2) is 78.0 Å². The molecule has 11 nitrogen and oxygen atoms in total. The number of ether oxygens (including phenoxy) is 3. The Labute approximate surface area is 250 Å². The lowest BCUT2D eigenvalue weighted by Crippen LogP contribution is -2.55. The molecule has 43 heavy (non-hydrogen) atoms. The number of carbonyl (C=O) groups excluding carboxylic acids is 3. The first-order valence-electron chi connectivity index (χ1n) is 14.3. The van der Waals surface area contributed by atoms with Crippen molar-refractivity contribution >= 4 is 23.6 Å². The van der Waals surface area contributed by atoms with Crippen molar-refractivity contribution < 1.29 is 38.2 Å². The summed E-state index contributed by atoms with van der Waals surface area (Å²) >= 11 is 0. The Hall–Kier alpha value is -4.61. The second-order valence-electron chi connectivity index (χ2n) is 11.2. The molecule has 0 aliphatic carbocycles. The van der Waals surface area contributed by atoms with Gasteiger partial charge in [-0.2, -0.15) is 0 Å². The zero-order valence-corrected chi connectivity index (χ0v) is 24.3. The molecular formula is C32H37N4O7+. The van der Waals surface area contributed by atoms with Crippen LogP contribution in [0.25, 0.3) is 0 Å². The molecule has 11 heteroatoms. The quantitative estimate of drug-likeness (QED) is 0.254. The molecule has 1 saturated heterocycles. The van der Waals surface area contributed by atoms with E-state index in [2.05, 4.69) is 12.4 Å². The Balaban J connectivity index is 1.33. The first-order chi connectivity index (χ1) is 20.6. The number of urea groups is 1. The van der Waals surface area contributed by atoms with Crippen molar-refractivity contribution in [2.45, 2.75) is 38.4 Å². The zero-order chi connectivity index (χ0) is 30.6. The summed E-state index contributed by atoms with van der Waals surface area (Å²) in [4.78, 5) is 40.9. The maximum atomic E-state index is 13.8. The highest BCUT2D eigenvalue weighted by molar-refractivity contribution is 6.03. The third-order valence-electron chi connectivity index (χ3n) is 7.83. The normalized spacial score (nSPS) is 19.5. The number of rotatable bonds is 9. The van der Waals surface area contributed by atoms with Crippen molar-refractivity contribution in [3.63, 3.8) is 0 Å². The van der Waals surface area contributed by atoms with Crippen molar-refractivity contribution in [1.82, 2.24) is 4.90 Å². The number of likely N-dealkylation sites (N-methyl/N-ethyl adjacent to an activating group) is 1. The number of benzene rings is 3. The molecule has 1 fully saturated rings. The average molecular weight is 590 g/mol. The number of aromatic hydroxyl groups is 1. The van der Waals surface area contributed by atoms with Crippen LogP contribution < -0.4 is 20.5 Å². The van der Waals surface area contributed by atoms with Gasteiger partial charge >= 0.3 is 12.0 Å². The van der Waals surface area contributed by atoms with Crippen LogP contribution in [0.15, 0.2) is 66.7 Å². The van der Waals surface area contributed by atoms with E-state index in [1.165, 1.54) is 17.0 Å². The van der Waals surface area contributed by atoms with Crippen LogP contribution in [0.1, 0.15) is 34.8 Å². The van der Waals surface area contributed by atoms with Crippen LogP contribution in [-0.2, 0) is 22.5 Å². The predicted octanol–water partition coefficient (Wildman–Crippen LogP) is 3.65. The number of hydrogen-bond acceptors (Lipinski definition) is 8. The van der Waals surface area contributed by atoms with Crippen molar-refractivity contribution in [3.8, 4) is 17.2 Å². The van der Waals surface area contributed by atoms with Gasteiger partial charge in [0.25, 0.3) is 0 Å². The number of phenols is 1. The third kappa shape index (κ3) is 7.07. The summed E-state index contributed by atoms with van der Waals surface area (Å²) in [6, 6.07) is 16.7. The van der Waals surface area contributed by atoms with E-state index in [9.17, 15) is 19.5 Å². The molecule has 3 aromatic rings. The number of amides is 3. The zero-order valence-electron chi connectivity index (χ0n) is 24.3. The van der Waals surface area contributed by atoms with Gasteiger partial charge in [-0.1, -0.05) is 12.1 Å². The van der Waals surface area contributed by atoms with Gasteiger partial charge in [0, 0.05) is 17.7 Å². The van der Waals surface area contributed by atoms with Crippen LogP contribution in [0.4, 0.5) is 10.5 Å². The standard InChI is InChI=1S/C32H36N4O7/c1-3-41-31(39)23-7-9-24(10-8-23)34-32(40)35(30(38)27(33)16-21-4-11-26(37)12-5-21)25-14-15-36(2,19-25)18-22-6-13-28-29(17-22)43-20-42-28/h4-13,17,25,27H,3,14-16,18-20,33H2,1-2H3,(H-,34,37,39,40)/p+1/t25-,27-,36?/m0/s1. The Morgan fingerprint density at radius 2 is 1.74 bits per heavy atom. The third-order valence-corrected chi connectivity index (χ3v) is 7.83. The number of nitrogens with one attached hydrogen (secondary N) is 1. The van der Waals surface area contributed by atoms with E-state index >= 15 is 0 Å². The molecule has 226 valence electrons. The van der Waals surface area contributed by atoms with E-state index in [0.29, 0.717) is 41.0 Å². The van der Waals surface area contributed by atoms with E-state index in [1.807, 2.05) is 18.2 Å². The Morgan fingerprint density at radius 3 is 2.47 bits per heavy atom. The second-order valence-corrected chi connectivity index (χ2v) is 11.2. The highest BCUT2D eigenvalue weighted by Gasteiger charge is 2.43. The van der Waals surface area contributed by atoms with Crippen molar-refractivity contribution in [2.24, 2.45) is 5.73 Å². The van der Waals surface area contributed by atoms with E-state index in [1.54, 1.807) is 43.3 Å². The maximum absolute atomic E-state index is 13.8. The fraction of sp³-hybridized carbons (Fsp3) is 0.344. The predicted molar refractivity (Wildman–Crippen MR) is 159 cm³/mol. The Morgan fingerprint density at radius 1 is 1.05 bits per heavy atom. The number of nitrogens with two attached hydrogens (primary N) is 1. The van der Waals surface area contributed by atoms with Crippen LogP contribution in [0.5, 0.6) is 17.2 Å². The van der Waals surface area contributed by atoms with E-state index < -0.39 is 30.0 Å². The molecule has 5 rings (SSSR count). The number of likely N-dealkylation sites (tertiary alicyclic amines) is 1. The molecule has 0 aromatic heterocycles. The molecule has 1 unspecified atom stereocenters. The van der Waals surface area contributed by atoms with Gasteiger partial charge in [0.1, 0.15) is 18.8 Å². The second kappa shape index (κ2) is 12.7. The average Bonchev–Trinajstić information content (AvgIpc) is 3.61. The fourth-order valence-electron chi connectivity index (χ4n) is 5.67. The molecular weight excluding hydrogens is 552 g/mol. The van der Waals surface area contributed by atoms with E-state index in [4.69, 9.17) is 19.9 Å². The first kappa shape index (κ1) is 29.9. The first-order valence-corrected chi connectivity index (χ1v) is 14.3. The van der Waals surface area contributed by atoms with Crippen molar-refractivity contribution in [1.29, 1.82) is 0 Å². The van der Waals surface area contributed by atoms with Gasteiger partial charge in [-0.05, 0) is 73.5 Å². The van der Waals surface area contributed by atoms with Gasteiger partial charge in [0.2, 0.25) is 12.7 Å². The number of hydrogen-bond donors (Lipinski definition) is 3. The number of esters is 1. The highest BCUT2D eigenvalue weighted by Crippen LogP contribution is 2.34. The van der Waals surface area contributed by atoms with Gasteiger partial charge < -0.3 is 34.9 Å². The lowest BCUT2D eigenvalue weighted by molar-refractivity contribution is -0.911. The minimum Gasteiger partial charge on any atom is -0.508 e. The number of nitrogens with zero attached hydrogens (tertiary/aromatic N) is 2. The lowest BCUT2D eigenvalue weighted by atomic mass is 10.0. The smallest absolute Gasteiger partial charge is 0.338 e. The number of carbonyl (C=O) groups is 3. The van der Waals surface area contributed by atoms with Crippen LogP contribution in [0.3, 0.4) is 0 Å². The molecule has 2 heterocycles. The van der Waals surface area contributed by atoms with Gasteiger partial charge in [-0.25, -0.2) is 9.59 Å². The summed E-state index contributed by atoms with van der Waals surface area (Å²) < 4.78 is 16.6. The number of imide groups is 1. The van der Waals surface area contributed by atoms with E-state index in [0.717, 1.165) is 23.4 Å². The SMILES string of the molecule is CCOC(=O)c1ccc(NC(=O)N(C(=O)[C@@H](N)Cc2ccc(O)cc2)[C@H]2CC[N+](C)(Cc3ccc4c(c3)OCO4)C2)cc1. The summed E-state index contributed by atoms with van der Waals surface area (Å²) in [5.74, 6) is 0.601. The van der Waals surface area contributed by atoms with Gasteiger partial charge in [-0.15, -0.1) is 0 Å². The molecule has 3 atom stereocenters. The maximum Gasteiger partial charge on any atom is 0.338 e. The molecule has 2 aliphatic rings. The molecule has 0 saturated carbocycles. The minimum atomic E-state index is -0.977. The summed E-state index contributed by atoms with van der Waals surface area (Å²) in [5, 5.41) is 12.4. The Bertz CT molecular complexity index is 1480. The summed E-state index contributed by atoms with van der Waals surface area (Å²) in [7, 11) is 2.11. The van der Waals surface area contributed by atoms with Crippen molar-refractivity contribution in [3.05, 3.63) is 83.4 Å². The number of quaternary nitrogens is 1. The van der Waals surface area contributed by atoms with Crippen LogP contribution in [0.2, 0.25) is 0 Å². The Kier molecular flexibility index (Phi) is 8.84. The molecule has 0 spiro atoms. The molecule has 0 bridgehead atoms. The molecule has 3 aromatic carbocycles. The molecule has 2 aliphatic heterocycles. The monoisotopic (exact) mass is 589 g/mol. The summed E-state index contributed by atoms with van der Waals surface area (Å²) in [6.07, 6.45) is 0.807. The minimum absolute atomic E-state index is 0.115. The number of fused-ring (bicyclic) bond motifs is 1. The molecule has 3 amide bonds. The summed E-state index contributed by atoms with van der Waals surface area (Å²) in [5.41, 5.74) is 9.02. The molecule has 4 N–H and O–H groups in total. The van der Waals surface area contributed by atoms with Crippen LogP contribution >= 0.6 is 0 Å². The summed E-state index contributed by atoms with van der Waals surface area (Å²) in [6.45, 7) is 4.16. The van der Waals surface area contributed by atoms with Crippen molar-refractivity contribution in [2.75, 3.05) is 38.9 Å². The number of anilines is 1. The largest absolute Gasteiger partial charge is 0.508 e. The highest BCUT2D eigenvalue weighted by atomic mass is 16.7. The van der Waals surface area contributed by atoms with Gasteiger partial charge in [0.05, 0.1) is 37.8 Å². The van der Waals surface area contributed by atoms with Crippen LogP contribution in [0, 0.1) is 0 Å². The fourth-order valence-corrected chi connectivity index (χ4v) is 5.67. The lowest BCUT2D eigenvalue weighted by Gasteiger charge is -2.33. The van der Waals surface area contributed by atoms with Gasteiger partial charge in [-0.3, -0.25) is 9.69 Å².